The number of likely N-dealkylation sites (tertiary alicyclic amines) is 1. The molecular weight excluding hydrogens is 250 g/mol. The molecule has 0 aliphatic carbocycles. The summed E-state index contributed by atoms with van der Waals surface area (Å²) < 4.78 is 0. The Morgan fingerprint density at radius 3 is 2.80 bits per heavy atom. The third-order valence-electron chi connectivity index (χ3n) is 3.93. The third kappa shape index (κ3) is 3.38. The van der Waals surface area contributed by atoms with E-state index in [1.807, 2.05) is 37.2 Å². The molecule has 1 heterocycles. The molecule has 1 aliphatic heterocycles. The van der Waals surface area contributed by atoms with Crippen LogP contribution in [0.5, 0.6) is 0 Å². The number of hydrogen-bond acceptors (Lipinski definition) is 3. The molecule has 110 valence electrons. The summed E-state index contributed by atoms with van der Waals surface area (Å²) in [6, 6.07) is 8.23. The number of rotatable bonds is 4. The van der Waals surface area contributed by atoms with Crippen LogP contribution in [0, 0.1) is 5.92 Å². The van der Waals surface area contributed by atoms with Gasteiger partial charge in [-0.05, 0) is 57.6 Å². The summed E-state index contributed by atoms with van der Waals surface area (Å²) in [6.45, 7) is 4.41. The minimum Gasteiger partial charge on any atom is -0.336 e. The lowest BCUT2D eigenvalue weighted by Gasteiger charge is -2.22. The Morgan fingerprint density at radius 1 is 1.45 bits per heavy atom. The molecule has 0 saturated carbocycles. The number of nitrogens with zero attached hydrogens (tertiary/aromatic N) is 2. The Labute approximate surface area is 121 Å². The summed E-state index contributed by atoms with van der Waals surface area (Å²) in [6.07, 6.45) is 1.01. The molecule has 0 spiro atoms. The lowest BCUT2D eigenvalue weighted by molar-refractivity contribution is 0.0743. The van der Waals surface area contributed by atoms with Crippen molar-refractivity contribution in [3.05, 3.63) is 35.4 Å². The standard InChI is InChI=1S/C16H25N3O/c1-12-7-14(9-17)11-19(12)16(20)15-6-4-5-13(8-15)10-18(2)3/h4-6,8,12,14H,7,9-11,17H2,1-3H3. The monoisotopic (exact) mass is 275 g/mol. The summed E-state index contributed by atoms with van der Waals surface area (Å²) in [5.41, 5.74) is 7.69. The molecule has 2 N–H and O–H groups in total. The molecule has 1 aliphatic rings. The molecule has 1 aromatic carbocycles. The summed E-state index contributed by atoms with van der Waals surface area (Å²) in [7, 11) is 4.06. The van der Waals surface area contributed by atoms with Gasteiger partial charge < -0.3 is 15.5 Å². The first-order valence-electron chi connectivity index (χ1n) is 7.26. The highest BCUT2D eigenvalue weighted by molar-refractivity contribution is 5.94. The van der Waals surface area contributed by atoms with Crippen LogP contribution in [-0.2, 0) is 6.54 Å². The second-order valence-electron chi connectivity index (χ2n) is 6.08. The molecule has 0 radical (unpaired) electrons. The normalized spacial score (nSPS) is 22.6. The third-order valence-corrected chi connectivity index (χ3v) is 3.93. The molecule has 0 bridgehead atoms. The molecule has 2 rings (SSSR count). The number of benzene rings is 1. The predicted octanol–water partition coefficient (Wildman–Crippen LogP) is 1.56. The zero-order chi connectivity index (χ0) is 14.7. The Kier molecular flexibility index (Phi) is 4.78. The highest BCUT2D eigenvalue weighted by Crippen LogP contribution is 2.24. The topological polar surface area (TPSA) is 49.6 Å². The van der Waals surface area contributed by atoms with Crippen LogP contribution >= 0.6 is 0 Å². The molecule has 4 heteroatoms. The largest absolute Gasteiger partial charge is 0.336 e. The average Bonchev–Trinajstić information content (AvgIpc) is 2.79. The van der Waals surface area contributed by atoms with Gasteiger partial charge in [0.15, 0.2) is 0 Å². The maximum atomic E-state index is 12.6. The van der Waals surface area contributed by atoms with Crippen LogP contribution in [-0.4, -0.2) is 48.9 Å². The zero-order valence-electron chi connectivity index (χ0n) is 12.7. The Bertz CT molecular complexity index is 473. The van der Waals surface area contributed by atoms with Crippen molar-refractivity contribution < 1.29 is 4.79 Å². The Morgan fingerprint density at radius 2 is 2.20 bits per heavy atom. The molecule has 1 fully saturated rings. The molecule has 0 aromatic heterocycles. The summed E-state index contributed by atoms with van der Waals surface area (Å²) in [4.78, 5) is 16.7. The number of amides is 1. The smallest absolute Gasteiger partial charge is 0.254 e. The van der Waals surface area contributed by atoms with E-state index in [0.29, 0.717) is 12.5 Å². The number of nitrogens with two attached hydrogens (primary N) is 1. The lowest BCUT2D eigenvalue weighted by atomic mass is 10.1. The average molecular weight is 275 g/mol. The van der Waals surface area contributed by atoms with E-state index < -0.39 is 0 Å². The van der Waals surface area contributed by atoms with Crippen LogP contribution < -0.4 is 5.73 Å². The SMILES string of the molecule is CC1CC(CN)CN1C(=O)c1cccc(CN(C)C)c1. The second-order valence-corrected chi connectivity index (χ2v) is 6.08. The van der Waals surface area contributed by atoms with E-state index in [-0.39, 0.29) is 11.9 Å². The number of carbonyl (C=O) groups excluding carboxylic acids is 1. The van der Waals surface area contributed by atoms with Gasteiger partial charge in [-0.1, -0.05) is 12.1 Å². The van der Waals surface area contributed by atoms with E-state index in [4.69, 9.17) is 5.73 Å². The molecule has 20 heavy (non-hydrogen) atoms. The van der Waals surface area contributed by atoms with Crippen molar-refractivity contribution in [2.45, 2.75) is 25.9 Å². The summed E-state index contributed by atoms with van der Waals surface area (Å²) in [5.74, 6) is 0.577. The van der Waals surface area contributed by atoms with Crippen molar-refractivity contribution in [1.82, 2.24) is 9.80 Å². The fourth-order valence-electron chi connectivity index (χ4n) is 2.93. The van der Waals surface area contributed by atoms with Crippen molar-refractivity contribution in [3.8, 4) is 0 Å². The molecule has 1 saturated heterocycles. The Balaban J connectivity index is 2.13. The van der Waals surface area contributed by atoms with E-state index in [0.717, 1.165) is 25.1 Å². The van der Waals surface area contributed by atoms with Crippen molar-refractivity contribution in [1.29, 1.82) is 0 Å². The van der Waals surface area contributed by atoms with E-state index in [2.05, 4.69) is 17.9 Å². The zero-order valence-corrected chi connectivity index (χ0v) is 12.7. The maximum Gasteiger partial charge on any atom is 0.254 e. The van der Waals surface area contributed by atoms with E-state index in [9.17, 15) is 4.79 Å². The van der Waals surface area contributed by atoms with Crippen LogP contribution in [0.15, 0.2) is 24.3 Å². The minimum absolute atomic E-state index is 0.133. The fraction of sp³-hybridized carbons (Fsp3) is 0.562. The number of carbonyl (C=O) groups is 1. The van der Waals surface area contributed by atoms with E-state index in [1.165, 1.54) is 5.56 Å². The van der Waals surface area contributed by atoms with Crippen molar-refractivity contribution in [3.63, 3.8) is 0 Å². The minimum atomic E-state index is 0.133. The van der Waals surface area contributed by atoms with Gasteiger partial charge in [-0.3, -0.25) is 4.79 Å². The summed E-state index contributed by atoms with van der Waals surface area (Å²) in [5, 5.41) is 0. The molecule has 2 unspecified atom stereocenters. The first kappa shape index (κ1) is 15.0. The van der Waals surface area contributed by atoms with Gasteiger partial charge in [0, 0.05) is 24.7 Å². The molecule has 1 amide bonds. The van der Waals surface area contributed by atoms with Gasteiger partial charge in [0.1, 0.15) is 0 Å². The van der Waals surface area contributed by atoms with Gasteiger partial charge in [0.05, 0.1) is 0 Å². The van der Waals surface area contributed by atoms with Crippen molar-refractivity contribution in [2.24, 2.45) is 11.7 Å². The van der Waals surface area contributed by atoms with Gasteiger partial charge >= 0.3 is 0 Å². The van der Waals surface area contributed by atoms with Gasteiger partial charge in [-0.2, -0.15) is 0 Å². The van der Waals surface area contributed by atoms with Gasteiger partial charge in [0.25, 0.3) is 5.91 Å². The first-order valence-corrected chi connectivity index (χ1v) is 7.26. The predicted molar refractivity (Wildman–Crippen MR) is 81.5 cm³/mol. The lowest BCUT2D eigenvalue weighted by Crippen LogP contribution is -2.34. The van der Waals surface area contributed by atoms with Gasteiger partial charge in [0.2, 0.25) is 0 Å². The van der Waals surface area contributed by atoms with Crippen LogP contribution in [0.2, 0.25) is 0 Å². The molecular formula is C16H25N3O. The maximum absolute atomic E-state index is 12.6. The highest BCUT2D eigenvalue weighted by Gasteiger charge is 2.32. The summed E-state index contributed by atoms with van der Waals surface area (Å²) >= 11 is 0. The quantitative estimate of drug-likeness (QED) is 0.907. The van der Waals surface area contributed by atoms with Gasteiger partial charge in [-0.15, -0.1) is 0 Å². The molecule has 1 aromatic rings. The second kappa shape index (κ2) is 6.37. The van der Waals surface area contributed by atoms with Crippen LogP contribution in [0.4, 0.5) is 0 Å². The van der Waals surface area contributed by atoms with Crippen LogP contribution in [0.1, 0.15) is 29.3 Å². The van der Waals surface area contributed by atoms with E-state index >= 15 is 0 Å². The molecule has 2 atom stereocenters. The van der Waals surface area contributed by atoms with Crippen molar-refractivity contribution >= 4 is 5.91 Å². The first-order chi connectivity index (χ1) is 9.51. The Hall–Kier alpha value is -1.39. The highest BCUT2D eigenvalue weighted by atomic mass is 16.2. The fourth-order valence-corrected chi connectivity index (χ4v) is 2.93. The van der Waals surface area contributed by atoms with Crippen molar-refractivity contribution in [2.75, 3.05) is 27.2 Å². The van der Waals surface area contributed by atoms with Crippen LogP contribution in [0.3, 0.4) is 0 Å². The molecule has 4 nitrogen and oxygen atoms in total. The van der Waals surface area contributed by atoms with Crippen LogP contribution in [0.25, 0.3) is 0 Å². The number of hydrogen-bond donors (Lipinski definition) is 1. The van der Waals surface area contributed by atoms with Gasteiger partial charge in [-0.25, -0.2) is 0 Å². The van der Waals surface area contributed by atoms with E-state index in [1.54, 1.807) is 0 Å².